The van der Waals surface area contributed by atoms with Crippen LogP contribution in [0, 0.1) is 0 Å². The second kappa shape index (κ2) is 4.05. The van der Waals surface area contributed by atoms with Crippen LogP contribution < -0.4 is 0 Å². The van der Waals surface area contributed by atoms with E-state index in [0.717, 1.165) is 10.9 Å². The summed E-state index contributed by atoms with van der Waals surface area (Å²) in [6, 6.07) is 0. The molecular weight excluding hydrogens is 182 g/mol. The highest BCUT2D eigenvalue weighted by atomic mass is 32.2. The third-order valence-electron chi connectivity index (χ3n) is 2.51. The molecule has 1 aromatic heterocycles. The van der Waals surface area contributed by atoms with Crippen LogP contribution in [0.25, 0.3) is 0 Å². The van der Waals surface area contributed by atoms with Crippen molar-refractivity contribution in [2.45, 2.75) is 36.8 Å². The number of thioether (sulfide) groups is 1. The van der Waals surface area contributed by atoms with Crippen LogP contribution in [0.3, 0.4) is 0 Å². The molecule has 0 bridgehead atoms. The van der Waals surface area contributed by atoms with Gasteiger partial charge in [-0.2, -0.15) is 5.10 Å². The van der Waals surface area contributed by atoms with Crippen LogP contribution in [0.15, 0.2) is 11.4 Å². The van der Waals surface area contributed by atoms with Crippen LogP contribution in [-0.2, 0) is 0 Å². The molecule has 1 fully saturated rings. The van der Waals surface area contributed by atoms with Crippen LogP contribution in [0.4, 0.5) is 0 Å². The first-order valence-corrected chi connectivity index (χ1v) is 5.86. The van der Waals surface area contributed by atoms with Crippen molar-refractivity contribution in [3.05, 3.63) is 11.9 Å². The molecule has 0 aliphatic heterocycles. The molecule has 0 amide bonds. The van der Waals surface area contributed by atoms with Gasteiger partial charge in [0.2, 0.25) is 5.16 Å². The lowest BCUT2D eigenvalue weighted by Crippen LogP contribution is -2.00. The Balaban J connectivity index is 2.18. The molecule has 0 atom stereocenters. The molecule has 13 heavy (non-hydrogen) atoms. The average Bonchev–Trinajstić information content (AvgIpc) is 2.71. The van der Waals surface area contributed by atoms with Crippen LogP contribution >= 0.6 is 11.8 Å². The molecule has 1 aromatic rings. The molecule has 0 radical (unpaired) electrons. The lowest BCUT2D eigenvalue weighted by molar-refractivity contribution is 0.659. The zero-order valence-electron chi connectivity index (χ0n) is 7.73. The maximum atomic E-state index is 4.46. The SMILES string of the molecule is CSc1nncc(C2CCCC2)n1. The molecular formula is C9H13N3S. The zero-order chi connectivity index (χ0) is 9.10. The quantitative estimate of drug-likeness (QED) is 0.678. The molecule has 0 aromatic carbocycles. The highest BCUT2D eigenvalue weighted by Crippen LogP contribution is 2.32. The molecule has 0 N–H and O–H groups in total. The summed E-state index contributed by atoms with van der Waals surface area (Å²) in [4.78, 5) is 4.46. The molecule has 0 saturated heterocycles. The van der Waals surface area contributed by atoms with Crippen LogP contribution in [0.2, 0.25) is 0 Å². The van der Waals surface area contributed by atoms with Gasteiger partial charge in [0.25, 0.3) is 0 Å². The molecule has 4 heteroatoms. The fraction of sp³-hybridized carbons (Fsp3) is 0.667. The number of aromatic nitrogens is 3. The minimum atomic E-state index is 0.640. The first-order chi connectivity index (χ1) is 6.40. The predicted octanol–water partition coefficient (Wildman–Crippen LogP) is 2.25. The summed E-state index contributed by atoms with van der Waals surface area (Å²) in [5.41, 5.74) is 1.14. The highest BCUT2D eigenvalue weighted by molar-refractivity contribution is 7.98. The van der Waals surface area contributed by atoms with Gasteiger partial charge in [-0.05, 0) is 19.1 Å². The summed E-state index contributed by atoms with van der Waals surface area (Å²) in [6.45, 7) is 0. The smallest absolute Gasteiger partial charge is 0.209 e. The van der Waals surface area contributed by atoms with E-state index in [1.54, 1.807) is 11.8 Å². The second-order valence-corrected chi connectivity index (χ2v) is 4.12. The predicted molar refractivity (Wildman–Crippen MR) is 52.8 cm³/mol. The summed E-state index contributed by atoms with van der Waals surface area (Å²) in [6.07, 6.45) is 9.01. The maximum absolute atomic E-state index is 4.46. The Labute approximate surface area is 82.4 Å². The Kier molecular flexibility index (Phi) is 2.78. The zero-order valence-corrected chi connectivity index (χ0v) is 8.55. The second-order valence-electron chi connectivity index (χ2n) is 3.35. The Bertz CT molecular complexity index is 284. The van der Waals surface area contributed by atoms with Gasteiger partial charge in [-0.15, -0.1) is 5.10 Å². The maximum Gasteiger partial charge on any atom is 0.209 e. The van der Waals surface area contributed by atoms with Crippen molar-refractivity contribution in [3.8, 4) is 0 Å². The molecule has 0 unspecified atom stereocenters. The van der Waals surface area contributed by atoms with Gasteiger partial charge >= 0.3 is 0 Å². The first kappa shape index (κ1) is 8.94. The van der Waals surface area contributed by atoms with Gasteiger partial charge in [0.05, 0.1) is 11.9 Å². The van der Waals surface area contributed by atoms with E-state index >= 15 is 0 Å². The van der Waals surface area contributed by atoms with Gasteiger partial charge in [-0.1, -0.05) is 24.6 Å². The topological polar surface area (TPSA) is 38.7 Å². The normalized spacial score (nSPS) is 17.9. The van der Waals surface area contributed by atoms with E-state index < -0.39 is 0 Å². The molecule has 1 heterocycles. The minimum absolute atomic E-state index is 0.640. The molecule has 1 saturated carbocycles. The van der Waals surface area contributed by atoms with Gasteiger partial charge in [0.15, 0.2) is 0 Å². The average molecular weight is 195 g/mol. The van der Waals surface area contributed by atoms with Crippen molar-refractivity contribution in [3.63, 3.8) is 0 Å². The summed E-state index contributed by atoms with van der Waals surface area (Å²) < 4.78 is 0. The van der Waals surface area contributed by atoms with Crippen molar-refractivity contribution >= 4 is 11.8 Å². The largest absolute Gasteiger partial charge is 0.224 e. The van der Waals surface area contributed by atoms with Crippen molar-refractivity contribution in [2.75, 3.05) is 6.26 Å². The summed E-state index contributed by atoms with van der Waals surface area (Å²) in [5, 5.41) is 8.69. The molecule has 1 aliphatic carbocycles. The van der Waals surface area contributed by atoms with E-state index in [1.165, 1.54) is 25.7 Å². The van der Waals surface area contributed by atoms with Crippen molar-refractivity contribution < 1.29 is 0 Å². The molecule has 3 nitrogen and oxygen atoms in total. The minimum Gasteiger partial charge on any atom is -0.224 e. The van der Waals surface area contributed by atoms with E-state index in [-0.39, 0.29) is 0 Å². The van der Waals surface area contributed by atoms with E-state index in [9.17, 15) is 0 Å². The fourth-order valence-electron chi connectivity index (χ4n) is 1.80. The van der Waals surface area contributed by atoms with E-state index in [0.29, 0.717) is 5.92 Å². The Morgan fingerprint density at radius 2 is 2.15 bits per heavy atom. The number of hydrogen-bond acceptors (Lipinski definition) is 4. The summed E-state index contributed by atoms with van der Waals surface area (Å²) in [7, 11) is 0. The van der Waals surface area contributed by atoms with Crippen molar-refractivity contribution in [2.24, 2.45) is 0 Å². The lowest BCUT2D eigenvalue weighted by Gasteiger charge is -2.06. The van der Waals surface area contributed by atoms with Crippen molar-refractivity contribution in [1.29, 1.82) is 0 Å². The van der Waals surface area contributed by atoms with Gasteiger partial charge in [0, 0.05) is 5.92 Å². The molecule has 0 spiro atoms. The van der Waals surface area contributed by atoms with Gasteiger partial charge in [-0.25, -0.2) is 4.98 Å². The Hall–Kier alpha value is -0.640. The lowest BCUT2D eigenvalue weighted by atomic mass is 10.1. The Morgan fingerprint density at radius 1 is 1.38 bits per heavy atom. The van der Waals surface area contributed by atoms with Gasteiger partial charge in [0.1, 0.15) is 0 Å². The molecule has 1 aliphatic rings. The molecule has 2 rings (SSSR count). The standard InChI is InChI=1S/C9H13N3S/c1-13-9-11-8(6-10-12-9)7-4-2-3-5-7/h6-7H,2-5H2,1H3. The van der Waals surface area contributed by atoms with Crippen molar-refractivity contribution in [1.82, 2.24) is 15.2 Å². The van der Waals surface area contributed by atoms with Gasteiger partial charge in [-0.3, -0.25) is 0 Å². The summed E-state index contributed by atoms with van der Waals surface area (Å²) in [5.74, 6) is 0.640. The van der Waals surface area contributed by atoms with E-state index in [1.807, 2.05) is 12.5 Å². The number of hydrogen-bond donors (Lipinski definition) is 0. The van der Waals surface area contributed by atoms with Gasteiger partial charge < -0.3 is 0 Å². The Morgan fingerprint density at radius 3 is 2.85 bits per heavy atom. The third kappa shape index (κ3) is 1.99. The number of rotatable bonds is 2. The third-order valence-corrected chi connectivity index (χ3v) is 3.05. The monoisotopic (exact) mass is 195 g/mol. The first-order valence-electron chi connectivity index (χ1n) is 4.64. The van der Waals surface area contributed by atoms with E-state index in [2.05, 4.69) is 15.2 Å². The van der Waals surface area contributed by atoms with Crippen LogP contribution in [0.5, 0.6) is 0 Å². The van der Waals surface area contributed by atoms with Crippen LogP contribution in [0.1, 0.15) is 37.3 Å². The highest BCUT2D eigenvalue weighted by Gasteiger charge is 2.18. The fourth-order valence-corrected chi connectivity index (χ4v) is 2.13. The molecule has 70 valence electrons. The number of nitrogens with zero attached hydrogens (tertiary/aromatic N) is 3. The van der Waals surface area contributed by atoms with E-state index in [4.69, 9.17) is 0 Å². The van der Waals surface area contributed by atoms with Crippen LogP contribution in [-0.4, -0.2) is 21.4 Å². The summed E-state index contributed by atoms with van der Waals surface area (Å²) >= 11 is 1.56.